The highest BCUT2D eigenvalue weighted by Crippen LogP contribution is 2.52. The highest BCUT2D eigenvalue weighted by molar-refractivity contribution is 5.72. The Morgan fingerprint density at radius 3 is 2.54 bits per heavy atom. The quantitative estimate of drug-likeness (QED) is 0.549. The van der Waals surface area contributed by atoms with Crippen LogP contribution in [-0.4, -0.2) is 44.1 Å². The molecule has 2 heterocycles. The van der Waals surface area contributed by atoms with Crippen molar-refractivity contribution in [1.29, 1.82) is 0 Å². The molecule has 0 aliphatic heterocycles. The minimum absolute atomic E-state index is 0.0117. The van der Waals surface area contributed by atoms with Crippen LogP contribution in [0.4, 0.5) is 19.0 Å². The summed E-state index contributed by atoms with van der Waals surface area (Å²) < 4.78 is 42.8. The van der Waals surface area contributed by atoms with Crippen LogP contribution in [0.25, 0.3) is 22.5 Å². The molecule has 10 heteroatoms. The molecule has 0 amide bonds. The van der Waals surface area contributed by atoms with Gasteiger partial charge in [0.25, 0.3) is 5.56 Å². The van der Waals surface area contributed by atoms with Crippen molar-refractivity contribution in [1.82, 2.24) is 19.7 Å². The van der Waals surface area contributed by atoms with Gasteiger partial charge in [-0.2, -0.15) is 13.2 Å². The average molecular weight is 488 g/mol. The number of rotatable bonds is 5. The first-order valence-electron chi connectivity index (χ1n) is 11.5. The maximum absolute atomic E-state index is 13.8. The number of hydrogen-bond donors (Lipinski definition) is 1. The monoisotopic (exact) mass is 487 g/mol. The first-order chi connectivity index (χ1) is 16.5. The molecule has 0 unspecified atom stereocenters. The van der Waals surface area contributed by atoms with Crippen LogP contribution in [-0.2, 0) is 7.05 Å². The molecule has 4 rings (SSSR count). The van der Waals surface area contributed by atoms with E-state index in [0.29, 0.717) is 35.3 Å². The molecule has 7 nitrogen and oxygen atoms in total. The number of aromatic hydroxyl groups is 1. The van der Waals surface area contributed by atoms with Gasteiger partial charge in [-0.15, -0.1) is 10.2 Å². The lowest BCUT2D eigenvalue weighted by atomic mass is 9.69. The maximum atomic E-state index is 13.8. The number of halogens is 3. The Morgan fingerprint density at radius 2 is 1.94 bits per heavy atom. The summed E-state index contributed by atoms with van der Waals surface area (Å²) >= 11 is 0. The van der Waals surface area contributed by atoms with Crippen LogP contribution in [0.3, 0.4) is 0 Å². The summed E-state index contributed by atoms with van der Waals surface area (Å²) in [5, 5.41) is 18.9. The van der Waals surface area contributed by atoms with Gasteiger partial charge in [-0.3, -0.25) is 4.79 Å². The topological polar surface area (TPSA) is 84.1 Å². The summed E-state index contributed by atoms with van der Waals surface area (Å²) in [4.78, 5) is 17.9. The molecular formula is C25H28F3N5O2. The maximum Gasteiger partial charge on any atom is 0.394 e. The van der Waals surface area contributed by atoms with Crippen molar-refractivity contribution >= 4 is 5.82 Å². The average Bonchev–Trinajstić information content (AvgIpc) is 2.84. The van der Waals surface area contributed by atoms with Crippen molar-refractivity contribution in [2.24, 2.45) is 12.5 Å². The summed E-state index contributed by atoms with van der Waals surface area (Å²) in [5.74, 6) is 0.498. The lowest BCUT2D eigenvalue weighted by Crippen LogP contribution is -2.48. The van der Waals surface area contributed by atoms with Crippen LogP contribution < -0.4 is 10.5 Å². The van der Waals surface area contributed by atoms with Crippen LogP contribution in [0, 0.1) is 5.41 Å². The number of benzene rings is 1. The van der Waals surface area contributed by atoms with Crippen molar-refractivity contribution < 1.29 is 18.3 Å². The highest BCUT2D eigenvalue weighted by atomic mass is 19.4. The fraction of sp³-hybridized carbons (Fsp3) is 0.440. The molecule has 2 aromatic heterocycles. The molecule has 1 N–H and O–H groups in total. The Morgan fingerprint density at radius 1 is 1.20 bits per heavy atom. The van der Waals surface area contributed by atoms with Crippen LogP contribution in [0.2, 0.25) is 0 Å². The molecule has 1 fully saturated rings. The number of aryl methyl sites for hydroxylation is 1. The van der Waals surface area contributed by atoms with Crippen molar-refractivity contribution in [3.8, 4) is 28.3 Å². The van der Waals surface area contributed by atoms with Gasteiger partial charge < -0.3 is 14.6 Å². The van der Waals surface area contributed by atoms with Gasteiger partial charge in [0.15, 0.2) is 11.6 Å². The van der Waals surface area contributed by atoms with Crippen LogP contribution >= 0.6 is 0 Å². The molecule has 1 saturated carbocycles. The van der Waals surface area contributed by atoms with E-state index in [1.54, 1.807) is 50.3 Å². The molecule has 1 aliphatic rings. The smallest absolute Gasteiger partial charge is 0.394 e. The minimum atomic E-state index is -4.24. The van der Waals surface area contributed by atoms with E-state index < -0.39 is 11.6 Å². The Bertz CT molecular complexity index is 1260. The highest BCUT2D eigenvalue weighted by Gasteiger charge is 2.55. The number of phenols is 1. The second kappa shape index (κ2) is 9.31. The number of aromatic nitrogens is 4. The zero-order valence-corrected chi connectivity index (χ0v) is 19.9. The number of pyridine rings is 1. The largest absolute Gasteiger partial charge is 0.507 e. The van der Waals surface area contributed by atoms with E-state index in [1.165, 1.54) is 22.9 Å². The Balaban J connectivity index is 1.54. The third-order valence-corrected chi connectivity index (χ3v) is 7.23. The summed E-state index contributed by atoms with van der Waals surface area (Å²) in [6, 6.07) is 7.85. The predicted molar refractivity (Wildman–Crippen MR) is 127 cm³/mol. The standard InChI is InChI=1S/C25H28F3N5O2/c1-4-24(25(26,27)28)10-5-6-18(14-24)33(3)21-15-29-23(31-30-21)19-8-7-16(12-20(19)34)17-9-11-32(2)22(35)13-17/h7-9,11-13,15,18,34H,4-6,10,14H2,1-3H3/t18-,24-/m0/s1. The summed E-state index contributed by atoms with van der Waals surface area (Å²) in [6.07, 6.45) is 0.216. The molecule has 0 radical (unpaired) electrons. The molecule has 0 spiro atoms. The van der Waals surface area contributed by atoms with E-state index in [1.807, 2.05) is 0 Å². The van der Waals surface area contributed by atoms with Gasteiger partial charge in [-0.25, -0.2) is 4.98 Å². The second-order valence-electron chi connectivity index (χ2n) is 9.23. The van der Waals surface area contributed by atoms with E-state index in [9.17, 15) is 23.1 Å². The third kappa shape index (κ3) is 4.74. The molecule has 35 heavy (non-hydrogen) atoms. The fourth-order valence-electron chi connectivity index (χ4n) is 4.81. The summed E-state index contributed by atoms with van der Waals surface area (Å²) in [6.45, 7) is 1.60. The van der Waals surface area contributed by atoms with Gasteiger partial charge in [0.2, 0.25) is 0 Å². The van der Waals surface area contributed by atoms with E-state index in [2.05, 4.69) is 15.2 Å². The Hall–Kier alpha value is -3.43. The van der Waals surface area contributed by atoms with Gasteiger partial charge in [0, 0.05) is 32.4 Å². The minimum Gasteiger partial charge on any atom is -0.507 e. The van der Waals surface area contributed by atoms with Gasteiger partial charge in [0.05, 0.1) is 17.2 Å². The zero-order chi connectivity index (χ0) is 25.4. The molecule has 186 valence electrons. The van der Waals surface area contributed by atoms with Crippen LogP contribution in [0.1, 0.15) is 39.0 Å². The van der Waals surface area contributed by atoms with E-state index in [4.69, 9.17) is 0 Å². The Kier molecular flexibility index (Phi) is 6.57. The molecule has 1 aromatic carbocycles. The van der Waals surface area contributed by atoms with Crippen molar-refractivity contribution in [3.05, 3.63) is 53.1 Å². The predicted octanol–water partition coefficient (Wildman–Crippen LogP) is 4.95. The van der Waals surface area contributed by atoms with Gasteiger partial charge >= 0.3 is 6.18 Å². The van der Waals surface area contributed by atoms with Gasteiger partial charge in [-0.05, 0) is 55.0 Å². The summed E-state index contributed by atoms with van der Waals surface area (Å²) in [7, 11) is 3.37. The van der Waals surface area contributed by atoms with Crippen molar-refractivity contribution in [2.45, 2.75) is 51.2 Å². The normalized spacial score (nSPS) is 20.6. The molecule has 0 bridgehead atoms. The number of nitrogens with zero attached hydrogens (tertiary/aromatic N) is 5. The summed E-state index contributed by atoms with van der Waals surface area (Å²) in [5.41, 5.74) is -0.154. The first kappa shape index (κ1) is 24.7. The first-order valence-corrected chi connectivity index (χ1v) is 11.5. The SMILES string of the molecule is CC[C@]1(C(F)(F)F)CCC[C@H](N(C)c2cnc(-c3ccc(-c4ccn(C)c(=O)c4)cc3O)nn2)C1. The van der Waals surface area contributed by atoms with Gasteiger partial charge in [0.1, 0.15) is 5.75 Å². The number of phenolic OH excluding ortho intramolecular Hbond substituents is 1. The van der Waals surface area contributed by atoms with Crippen LogP contribution in [0.15, 0.2) is 47.5 Å². The molecular weight excluding hydrogens is 459 g/mol. The van der Waals surface area contributed by atoms with Gasteiger partial charge in [-0.1, -0.05) is 19.4 Å². The van der Waals surface area contributed by atoms with Crippen molar-refractivity contribution in [2.75, 3.05) is 11.9 Å². The number of anilines is 1. The molecule has 3 aromatic rings. The van der Waals surface area contributed by atoms with E-state index in [-0.39, 0.29) is 42.4 Å². The molecule has 0 saturated heterocycles. The third-order valence-electron chi connectivity index (χ3n) is 7.23. The molecule has 2 atom stereocenters. The molecule has 1 aliphatic carbocycles. The zero-order valence-electron chi connectivity index (χ0n) is 19.9. The fourth-order valence-corrected chi connectivity index (χ4v) is 4.81. The van der Waals surface area contributed by atoms with Crippen molar-refractivity contribution in [3.63, 3.8) is 0 Å². The lowest BCUT2D eigenvalue weighted by molar-refractivity contribution is -0.237. The lowest BCUT2D eigenvalue weighted by Gasteiger charge is -2.44. The number of alkyl halides is 3. The van der Waals surface area contributed by atoms with Crippen LogP contribution in [0.5, 0.6) is 5.75 Å². The Labute approximate surface area is 201 Å². The van der Waals surface area contributed by atoms with E-state index in [0.717, 1.165) is 0 Å². The second-order valence-corrected chi connectivity index (χ2v) is 9.23. The van der Waals surface area contributed by atoms with E-state index >= 15 is 0 Å². The number of hydrogen-bond acceptors (Lipinski definition) is 6.